The molecule has 0 bridgehead atoms. The molecule has 0 spiro atoms. The third kappa shape index (κ3) is 5.27. The van der Waals surface area contributed by atoms with Crippen LogP contribution in [0.15, 0.2) is 18.2 Å². The number of aliphatic hydroxyl groups is 1. The minimum Gasteiger partial charge on any atom is -0.497 e. The lowest BCUT2D eigenvalue weighted by atomic mass is 10.2. The number of hydrogen-bond acceptors (Lipinski definition) is 6. The third-order valence-corrected chi connectivity index (χ3v) is 4.20. The van der Waals surface area contributed by atoms with Gasteiger partial charge in [0.05, 0.1) is 20.3 Å². The molecule has 0 radical (unpaired) electrons. The van der Waals surface area contributed by atoms with Gasteiger partial charge in [-0.2, -0.15) is 0 Å². The smallest absolute Gasteiger partial charge is 0.124 e. The highest BCUT2D eigenvalue weighted by atomic mass is 16.5. The predicted molar refractivity (Wildman–Crippen MR) is 92.7 cm³/mol. The van der Waals surface area contributed by atoms with Crippen molar-refractivity contribution in [2.45, 2.75) is 12.5 Å². The fraction of sp³-hybridized carbons (Fsp3) is 0.647. The van der Waals surface area contributed by atoms with E-state index in [0.29, 0.717) is 6.54 Å². The van der Waals surface area contributed by atoms with Gasteiger partial charge >= 0.3 is 0 Å². The van der Waals surface area contributed by atoms with Gasteiger partial charge in [0, 0.05) is 56.6 Å². The Morgan fingerprint density at radius 2 is 1.78 bits per heavy atom. The lowest BCUT2D eigenvalue weighted by molar-refractivity contribution is 0.117. The monoisotopic (exact) mass is 323 g/mol. The number of anilines is 1. The van der Waals surface area contributed by atoms with Crippen LogP contribution in [0.25, 0.3) is 0 Å². The number of ether oxygens (including phenoxy) is 2. The zero-order chi connectivity index (χ0) is 16.7. The van der Waals surface area contributed by atoms with Gasteiger partial charge in [0.25, 0.3) is 0 Å². The molecule has 1 heterocycles. The standard InChI is InChI=1S/C17H29N3O3/c1-18-12-15(21)13-19-5-4-6-20(8-7-19)14-9-16(22-2)11-17(10-14)23-3/h9-11,15,18,21H,4-8,12-13H2,1-3H3. The number of aliphatic hydroxyl groups excluding tert-OH is 1. The zero-order valence-electron chi connectivity index (χ0n) is 14.4. The van der Waals surface area contributed by atoms with Gasteiger partial charge in [0.2, 0.25) is 0 Å². The van der Waals surface area contributed by atoms with E-state index < -0.39 is 0 Å². The van der Waals surface area contributed by atoms with E-state index in [-0.39, 0.29) is 6.10 Å². The largest absolute Gasteiger partial charge is 0.497 e. The molecule has 2 N–H and O–H groups in total. The molecule has 130 valence electrons. The molecule has 1 saturated heterocycles. The highest BCUT2D eigenvalue weighted by Crippen LogP contribution is 2.29. The number of benzene rings is 1. The molecule has 0 amide bonds. The summed E-state index contributed by atoms with van der Waals surface area (Å²) in [6, 6.07) is 5.99. The second-order valence-electron chi connectivity index (χ2n) is 5.92. The first kappa shape index (κ1) is 17.8. The molecule has 6 heteroatoms. The number of nitrogens with one attached hydrogen (secondary N) is 1. The van der Waals surface area contributed by atoms with Gasteiger partial charge in [-0.3, -0.25) is 4.90 Å². The van der Waals surface area contributed by atoms with E-state index in [1.54, 1.807) is 14.2 Å². The maximum absolute atomic E-state index is 9.96. The highest BCUT2D eigenvalue weighted by Gasteiger charge is 2.18. The Morgan fingerprint density at radius 1 is 1.09 bits per heavy atom. The zero-order valence-corrected chi connectivity index (χ0v) is 14.4. The fourth-order valence-electron chi connectivity index (χ4n) is 2.98. The summed E-state index contributed by atoms with van der Waals surface area (Å²) in [5, 5.41) is 13.0. The lowest BCUT2D eigenvalue weighted by Gasteiger charge is -2.25. The summed E-state index contributed by atoms with van der Waals surface area (Å²) >= 11 is 0. The van der Waals surface area contributed by atoms with Gasteiger partial charge in [0.1, 0.15) is 11.5 Å². The van der Waals surface area contributed by atoms with Crippen molar-refractivity contribution in [2.24, 2.45) is 0 Å². The van der Waals surface area contributed by atoms with Gasteiger partial charge in [-0.1, -0.05) is 0 Å². The molecule has 0 aromatic heterocycles. The second kappa shape index (κ2) is 8.96. The first-order valence-corrected chi connectivity index (χ1v) is 8.19. The third-order valence-electron chi connectivity index (χ3n) is 4.20. The van der Waals surface area contributed by atoms with Crippen molar-refractivity contribution in [3.05, 3.63) is 18.2 Å². The molecule has 1 unspecified atom stereocenters. The minimum atomic E-state index is -0.316. The number of methoxy groups -OCH3 is 2. The van der Waals surface area contributed by atoms with Gasteiger partial charge in [-0.25, -0.2) is 0 Å². The highest BCUT2D eigenvalue weighted by molar-refractivity contribution is 5.55. The Hall–Kier alpha value is -1.50. The topological polar surface area (TPSA) is 57.2 Å². The molecule has 1 aromatic rings. The Kier molecular flexibility index (Phi) is 6.95. The summed E-state index contributed by atoms with van der Waals surface area (Å²) in [6.45, 7) is 5.24. The van der Waals surface area contributed by atoms with E-state index in [4.69, 9.17) is 9.47 Å². The van der Waals surface area contributed by atoms with Gasteiger partial charge in [-0.15, -0.1) is 0 Å². The van der Waals surface area contributed by atoms with Crippen LogP contribution in [0.1, 0.15) is 6.42 Å². The normalized spacial score (nSPS) is 17.7. The Morgan fingerprint density at radius 3 is 2.39 bits per heavy atom. The molecule has 1 atom stereocenters. The Labute approximate surface area is 139 Å². The van der Waals surface area contributed by atoms with Crippen molar-refractivity contribution >= 4 is 5.69 Å². The molecule has 1 fully saturated rings. The minimum absolute atomic E-state index is 0.316. The van der Waals surface area contributed by atoms with Crippen LogP contribution in [0.4, 0.5) is 5.69 Å². The average Bonchev–Trinajstić information content (AvgIpc) is 2.80. The average molecular weight is 323 g/mol. The summed E-state index contributed by atoms with van der Waals surface area (Å²) in [5.74, 6) is 1.62. The van der Waals surface area contributed by atoms with E-state index in [9.17, 15) is 5.11 Å². The van der Waals surface area contributed by atoms with Crippen molar-refractivity contribution in [3.8, 4) is 11.5 Å². The molecule has 1 aliphatic rings. The SMILES string of the molecule is CNCC(O)CN1CCCN(c2cc(OC)cc(OC)c2)CC1. The molecule has 2 rings (SSSR count). The fourth-order valence-corrected chi connectivity index (χ4v) is 2.98. The van der Waals surface area contributed by atoms with E-state index in [0.717, 1.165) is 56.3 Å². The van der Waals surface area contributed by atoms with Crippen LogP contribution < -0.4 is 19.7 Å². The van der Waals surface area contributed by atoms with Crippen LogP contribution in [-0.2, 0) is 0 Å². The lowest BCUT2D eigenvalue weighted by Crippen LogP contribution is -2.39. The number of nitrogens with zero attached hydrogens (tertiary/aromatic N) is 2. The molecule has 6 nitrogen and oxygen atoms in total. The van der Waals surface area contributed by atoms with Crippen LogP contribution in [0.3, 0.4) is 0 Å². The molecule has 0 aliphatic carbocycles. The van der Waals surface area contributed by atoms with E-state index >= 15 is 0 Å². The quantitative estimate of drug-likeness (QED) is 0.774. The maximum Gasteiger partial charge on any atom is 0.124 e. The van der Waals surface area contributed by atoms with E-state index in [1.165, 1.54) is 0 Å². The van der Waals surface area contributed by atoms with Crippen LogP contribution in [0.2, 0.25) is 0 Å². The predicted octanol–water partition coefficient (Wildman–Crippen LogP) is 0.796. The molecular weight excluding hydrogens is 294 g/mol. The summed E-state index contributed by atoms with van der Waals surface area (Å²) in [6.07, 6.45) is 0.759. The number of β-amino-alcohol motifs (C(OH)–C–C–N with tert-alkyl or cyclic N) is 1. The Bertz CT molecular complexity index is 462. The molecule has 0 saturated carbocycles. The van der Waals surface area contributed by atoms with E-state index in [2.05, 4.69) is 15.1 Å². The van der Waals surface area contributed by atoms with Crippen molar-refractivity contribution in [2.75, 3.05) is 65.4 Å². The molecule has 23 heavy (non-hydrogen) atoms. The Balaban J connectivity index is 2.00. The first-order valence-electron chi connectivity index (χ1n) is 8.19. The van der Waals surface area contributed by atoms with Gasteiger partial charge < -0.3 is 24.8 Å². The summed E-state index contributed by atoms with van der Waals surface area (Å²) in [4.78, 5) is 4.69. The summed E-state index contributed by atoms with van der Waals surface area (Å²) < 4.78 is 10.7. The van der Waals surface area contributed by atoms with Gasteiger partial charge in [-0.05, 0) is 20.0 Å². The number of rotatable bonds is 7. The van der Waals surface area contributed by atoms with Crippen LogP contribution in [0, 0.1) is 0 Å². The van der Waals surface area contributed by atoms with Crippen LogP contribution >= 0.6 is 0 Å². The van der Waals surface area contributed by atoms with Crippen LogP contribution in [-0.4, -0.2) is 76.6 Å². The van der Waals surface area contributed by atoms with Crippen molar-refractivity contribution < 1.29 is 14.6 Å². The number of likely N-dealkylation sites (N-methyl/N-ethyl adjacent to an activating group) is 1. The molecule has 1 aromatic carbocycles. The van der Waals surface area contributed by atoms with Crippen LogP contribution in [0.5, 0.6) is 11.5 Å². The van der Waals surface area contributed by atoms with Crippen molar-refractivity contribution in [1.82, 2.24) is 10.2 Å². The van der Waals surface area contributed by atoms with E-state index in [1.807, 2.05) is 25.2 Å². The van der Waals surface area contributed by atoms with Gasteiger partial charge in [0.15, 0.2) is 0 Å². The van der Waals surface area contributed by atoms with Crippen molar-refractivity contribution in [1.29, 1.82) is 0 Å². The van der Waals surface area contributed by atoms with Crippen molar-refractivity contribution in [3.63, 3.8) is 0 Å². The number of hydrogen-bond donors (Lipinski definition) is 2. The maximum atomic E-state index is 9.96. The first-order chi connectivity index (χ1) is 11.2. The second-order valence-corrected chi connectivity index (χ2v) is 5.92. The summed E-state index contributed by atoms with van der Waals surface area (Å²) in [7, 11) is 5.21. The summed E-state index contributed by atoms with van der Waals surface area (Å²) in [5.41, 5.74) is 1.12. The molecular formula is C17H29N3O3. The molecule has 1 aliphatic heterocycles.